The lowest BCUT2D eigenvalue weighted by molar-refractivity contribution is 0.00213. The fourth-order valence-electron chi connectivity index (χ4n) is 0.786. The average molecular weight is 189 g/mol. The Morgan fingerprint density at radius 1 is 1.38 bits per heavy atom. The average Bonchev–Trinajstić information content (AvgIpc) is 2.04. The summed E-state index contributed by atoms with van der Waals surface area (Å²) >= 11 is 0. The van der Waals surface area contributed by atoms with E-state index < -0.39 is 19.2 Å². The molecule has 0 aliphatic heterocycles. The van der Waals surface area contributed by atoms with Crippen molar-refractivity contribution in [1.82, 2.24) is 0 Å². The van der Waals surface area contributed by atoms with Crippen molar-refractivity contribution >= 4 is 0 Å². The number of alkyl halides is 3. The van der Waals surface area contributed by atoms with Crippen LogP contribution < -0.4 is 4.74 Å². The van der Waals surface area contributed by atoms with Gasteiger partial charge in [0.15, 0.2) is 0 Å². The molecule has 0 bridgehead atoms. The molecule has 0 N–H and O–H groups in total. The highest BCUT2D eigenvalue weighted by molar-refractivity contribution is 5.20. The summed E-state index contributed by atoms with van der Waals surface area (Å²) in [6.45, 7) is 0. The minimum Gasteiger partial charge on any atom is -0.460 e. The van der Waals surface area contributed by atoms with Gasteiger partial charge < -0.3 is 4.74 Å². The van der Waals surface area contributed by atoms with E-state index >= 15 is 0 Å². The quantitative estimate of drug-likeness (QED) is 0.707. The van der Waals surface area contributed by atoms with Crippen LogP contribution in [-0.4, -0.2) is 12.8 Å². The van der Waals surface area contributed by atoms with E-state index in [2.05, 4.69) is 10.8 Å². The molecule has 0 aliphatic carbocycles. The first kappa shape index (κ1) is 9.89. The zero-order valence-electron chi connectivity index (χ0n) is 6.71. The number of rotatable bonds is 4. The molecule has 4 heteroatoms. The van der Waals surface area contributed by atoms with Gasteiger partial charge in [-0.1, -0.05) is 12.1 Å². The molecule has 1 atom stereocenters. The molecule has 1 rings (SSSR count). The Labute approximate surface area is 74.1 Å². The molecule has 0 amide bonds. The van der Waals surface area contributed by atoms with Crippen molar-refractivity contribution in [3.63, 3.8) is 0 Å². The van der Waals surface area contributed by atoms with Crippen LogP contribution in [0.5, 0.6) is 5.75 Å². The van der Waals surface area contributed by atoms with Crippen molar-refractivity contribution in [2.75, 3.05) is 0 Å². The highest BCUT2D eigenvalue weighted by atomic mass is 19.3. The van der Waals surface area contributed by atoms with E-state index in [1.54, 1.807) is 12.1 Å². The number of ether oxygens (including phenoxy) is 1. The normalized spacial score (nSPS) is 12.9. The second kappa shape index (κ2) is 4.74. The fourth-order valence-corrected chi connectivity index (χ4v) is 0.786. The molecule has 1 unspecified atom stereocenters. The summed E-state index contributed by atoms with van der Waals surface area (Å²) < 4.78 is 40.5. The first-order valence-corrected chi connectivity index (χ1v) is 3.73. The van der Waals surface area contributed by atoms with Crippen LogP contribution in [0.4, 0.5) is 13.2 Å². The lowest BCUT2D eigenvalue weighted by Crippen LogP contribution is -2.13. The maximum atomic E-state index is 12.6. The van der Waals surface area contributed by atoms with Crippen molar-refractivity contribution in [1.29, 1.82) is 0 Å². The van der Waals surface area contributed by atoms with Gasteiger partial charge in [0, 0.05) is 0 Å². The van der Waals surface area contributed by atoms with Crippen LogP contribution in [-0.2, 0) is 0 Å². The minimum absolute atomic E-state index is 0.204. The van der Waals surface area contributed by atoms with Crippen molar-refractivity contribution in [2.45, 2.75) is 19.2 Å². The van der Waals surface area contributed by atoms with E-state index in [9.17, 15) is 13.2 Å². The van der Waals surface area contributed by atoms with Crippen LogP contribution >= 0.6 is 0 Å². The first-order valence-electron chi connectivity index (χ1n) is 3.73. The molecule has 0 heterocycles. The molecule has 0 saturated carbocycles. The van der Waals surface area contributed by atoms with Gasteiger partial charge in [0.2, 0.25) is 12.8 Å². The van der Waals surface area contributed by atoms with Gasteiger partial charge >= 0.3 is 0 Å². The fraction of sp³-hybridized carbons (Fsp3) is 0.333. The lowest BCUT2D eigenvalue weighted by Gasteiger charge is -2.09. The molecule has 13 heavy (non-hydrogen) atoms. The van der Waals surface area contributed by atoms with Crippen molar-refractivity contribution in [3.8, 4) is 5.75 Å². The van der Waals surface area contributed by atoms with Crippen LogP contribution in [0.15, 0.2) is 24.3 Å². The molecule has 0 aromatic heterocycles. The maximum Gasteiger partial charge on any atom is 0.244 e. The molecular formula is C9H8F3O. The predicted molar refractivity (Wildman–Crippen MR) is 41.4 cm³/mol. The number of hydrogen-bond donors (Lipinski definition) is 0. The second-order valence-electron chi connectivity index (χ2n) is 2.39. The van der Waals surface area contributed by atoms with E-state index in [0.29, 0.717) is 0 Å². The molecule has 1 aromatic rings. The second-order valence-corrected chi connectivity index (χ2v) is 2.39. The first-order chi connectivity index (χ1) is 6.18. The molecular weight excluding hydrogens is 181 g/mol. The molecule has 0 saturated heterocycles. The Morgan fingerprint density at radius 2 is 2.15 bits per heavy atom. The SMILES string of the molecule is FC(F)CC(F)Oc1c[c]ccc1. The zero-order chi connectivity index (χ0) is 9.68. The third-order valence-corrected chi connectivity index (χ3v) is 1.31. The number of hydrogen-bond acceptors (Lipinski definition) is 1. The van der Waals surface area contributed by atoms with E-state index in [1.165, 1.54) is 12.1 Å². The summed E-state index contributed by atoms with van der Waals surface area (Å²) in [4.78, 5) is 0. The maximum absolute atomic E-state index is 12.6. The van der Waals surface area contributed by atoms with Crippen LogP contribution in [0, 0.1) is 6.07 Å². The highest BCUT2D eigenvalue weighted by Crippen LogP contribution is 2.15. The summed E-state index contributed by atoms with van der Waals surface area (Å²) in [7, 11) is 0. The summed E-state index contributed by atoms with van der Waals surface area (Å²) in [5.74, 6) is 0.204. The van der Waals surface area contributed by atoms with E-state index in [0.717, 1.165) is 0 Å². The van der Waals surface area contributed by atoms with Gasteiger partial charge in [-0.25, -0.2) is 13.2 Å². The molecule has 0 spiro atoms. The van der Waals surface area contributed by atoms with Gasteiger partial charge in [-0.3, -0.25) is 0 Å². The van der Waals surface area contributed by atoms with Gasteiger partial charge in [-0.15, -0.1) is 0 Å². The molecule has 1 radical (unpaired) electrons. The topological polar surface area (TPSA) is 9.23 Å². The predicted octanol–water partition coefficient (Wildman–Crippen LogP) is 2.82. The Balaban J connectivity index is 2.41. The third kappa shape index (κ3) is 3.83. The van der Waals surface area contributed by atoms with E-state index in [4.69, 9.17) is 0 Å². The van der Waals surface area contributed by atoms with Gasteiger partial charge in [0.25, 0.3) is 0 Å². The van der Waals surface area contributed by atoms with Crippen LogP contribution in [0.3, 0.4) is 0 Å². The molecule has 0 aliphatic rings. The minimum atomic E-state index is -2.69. The summed E-state index contributed by atoms with van der Waals surface area (Å²) in [5, 5.41) is 0. The monoisotopic (exact) mass is 189 g/mol. The van der Waals surface area contributed by atoms with E-state index in [1.807, 2.05) is 0 Å². The summed E-state index contributed by atoms with van der Waals surface area (Å²) in [6.07, 6.45) is -5.56. The Hall–Kier alpha value is -1.19. The standard InChI is InChI=1S/C9H8F3O/c10-8(11)6-9(12)13-7-4-2-1-3-5-7/h1-2,4-5,8-9H,6H2. The third-order valence-electron chi connectivity index (χ3n) is 1.31. The summed E-state index contributed by atoms with van der Waals surface area (Å²) in [6, 6.07) is 8.70. The molecule has 0 fully saturated rings. The van der Waals surface area contributed by atoms with Gasteiger partial charge in [0.1, 0.15) is 5.75 Å². The zero-order valence-corrected chi connectivity index (χ0v) is 6.71. The number of benzene rings is 1. The smallest absolute Gasteiger partial charge is 0.244 e. The van der Waals surface area contributed by atoms with Crippen molar-refractivity contribution < 1.29 is 17.9 Å². The van der Waals surface area contributed by atoms with Crippen LogP contribution in [0.1, 0.15) is 6.42 Å². The van der Waals surface area contributed by atoms with Crippen LogP contribution in [0.2, 0.25) is 0 Å². The van der Waals surface area contributed by atoms with Gasteiger partial charge in [0.05, 0.1) is 6.42 Å². The Morgan fingerprint density at radius 3 is 2.69 bits per heavy atom. The van der Waals surface area contributed by atoms with Gasteiger partial charge in [-0.2, -0.15) is 0 Å². The highest BCUT2D eigenvalue weighted by Gasteiger charge is 2.14. The van der Waals surface area contributed by atoms with E-state index in [-0.39, 0.29) is 5.75 Å². The van der Waals surface area contributed by atoms with Gasteiger partial charge in [-0.05, 0) is 18.2 Å². The molecule has 1 nitrogen and oxygen atoms in total. The van der Waals surface area contributed by atoms with Crippen molar-refractivity contribution in [3.05, 3.63) is 30.3 Å². The molecule has 71 valence electrons. The summed E-state index contributed by atoms with van der Waals surface area (Å²) in [5.41, 5.74) is 0. The Bertz CT molecular complexity index is 238. The largest absolute Gasteiger partial charge is 0.460 e. The lowest BCUT2D eigenvalue weighted by atomic mass is 10.3. The molecule has 1 aromatic carbocycles. The number of halogens is 3. The van der Waals surface area contributed by atoms with Crippen LogP contribution in [0.25, 0.3) is 0 Å². The van der Waals surface area contributed by atoms with Crippen molar-refractivity contribution in [2.24, 2.45) is 0 Å². The Kier molecular flexibility index (Phi) is 3.61.